The summed E-state index contributed by atoms with van der Waals surface area (Å²) in [6.07, 6.45) is 2.61. The number of hydrogen-bond donors (Lipinski definition) is 0. The van der Waals surface area contributed by atoms with Crippen LogP contribution in [0.3, 0.4) is 0 Å². The van der Waals surface area contributed by atoms with Gasteiger partial charge in [-0.25, -0.2) is 4.74 Å². The van der Waals surface area contributed by atoms with Gasteiger partial charge in [-0.1, -0.05) is 0 Å². The van der Waals surface area contributed by atoms with E-state index >= 15 is 0 Å². The van der Waals surface area contributed by atoms with Crippen LogP contribution in [0.4, 0.5) is 0 Å². The number of carbonyl (C=O) groups excluding carboxylic acids is 2. The Morgan fingerprint density at radius 3 is 2.33 bits per heavy atom. The first-order valence-corrected chi connectivity index (χ1v) is 3.91. The minimum absolute atomic E-state index is 0.131. The highest BCUT2D eigenvalue weighted by molar-refractivity contribution is 6.14. The maximum absolute atomic E-state index is 11.1. The number of nitrogens with zero attached hydrogens (tertiary/aromatic N) is 1. The van der Waals surface area contributed by atoms with Crippen molar-refractivity contribution in [3.8, 4) is 0 Å². The summed E-state index contributed by atoms with van der Waals surface area (Å²) in [4.78, 5) is 22.2. The van der Waals surface area contributed by atoms with Crippen molar-refractivity contribution in [1.82, 2.24) is 0 Å². The van der Waals surface area contributed by atoms with Crippen LogP contribution in [0.1, 0.15) is 19.3 Å². The molecule has 1 rings (SSSR count). The number of carbonyl (C=O) groups is 2. The van der Waals surface area contributed by atoms with Gasteiger partial charge in [0.1, 0.15) is 7.05 Å². The van der Waals surface area contributed by atoms with Crippen LogP contribution in [0.25, 0.3) is 0 Å². The Morgan fingerprint density at radius 1 is 1.42 bits per heavy atom. The topological polar surface area (TPSA) is 60.2 Å². The largest absolute Gasteiger partial charge is 0.624 e. The molecular weight excluding hydrogens is 158 g/mol. The Morgan fingerprint density at radius 2 is 1.92 bits per heavy atom. The molecule has 0 saturated heterocycles. The van der Waals surface area contributed by atoms with Gasteiger partial charge in [-0.15, -0.1) is 0 Å². The fraction of sp³-hybridized carbons (Fsp3) is 0.625. The second-order valence-electron chi connectivity index (χ2n) is 2.96. The number of hydroxylamine groups is 1. The molecule has 12 heavy (non-hydrogen) atoms. The third-order valence-corrected chi connectivity index (χ3v) is 1.90. The van der Waals surface area contributed by atoms with E-state index in [0.29, 0.717) is 24.0 Å². The van der Waals surface area contributed by atoms with Crippen LogP contribution in [0.2, 0.25) is 0 Å². The molecule has 0 radical (unpaired) electrons. The molecule has 0 aromatic heterocycles. The highest BCUT2D eigenvalue weighted by Gasteiger charge is 2.30. The van der Waals surface area contributed by atoms with Gasteiger partial charge in [0.15, 0.2) is 23.7 Å². The first kappa shape index (κ1) is 8.90. The van der Waals surface area contributed by atoms with E-state index in [1.54, 1.807) is 0 Å². The van der Waals surface area contributed by atoms with Gasteiger partial charge in [0.2, 0.25) is 0 Å². The van der Waals surface area contributed by atoms with Crippen molar-refractivity contribution >= 4 is 17.8 Å². The van der Waals surface area contributed by atoms with Gasteiger partial charge in [-0.05, 0) is 6.42 Å². The fourth-order valence-corrected chi connectivity index (χ4v) is 1.30. The molecule has 0 spiro atoms. The van der Waals surface area contributed by atoms with E-state index in [1.165, 1.54) is 7.05 Å². The number of rotatable bonds is 1. The zero-order valence-corrected chi connectivity index (χ0v) is 6.95. The summed E-state index contributed by atoms with van der Waals surface area (Å²) >= 11 is 0. The molecule has 0 aromatic rings. The van der Waals surface area contributed by atoms with E-state index in [0.717, 1.165) is 6.21 Å². The predicted molar refractivity (Wildman–Crippen MR) is 43.0 cm³/mol. The smallest absolute Gasteiger partial charge is 0.168 e. The molecule has 0 unspecified atom stereocenters. The lowest BCUT2D eigenvalue weighted by atomic mass is 9.88. The van der Waals surface area contributed by atoms with E-state index < -0.39 is 5.92 Å². The van der Waals surface area contributed by atoms with Crippen LogP contribution >= 0.6 is 0 Å². The molecule has 0 atom stereocenters. The van der Waals surface area contributed by atoms with E-state index in [9.17, 15) is 14.8 Å². The summed E-state index contributed by atoms with van der Waals surface area (Å²) in [6, 6.07) is 0. The summed E-state index contributed by atoms with van der Waals surface area (Å²) in [7, 11) is 1.27. The third kappa shape index (κ3) is 1.90. The molecule has 0 heterocycles. The Balaban J connectivity index is 2.77. The Bertz CT molecular complexity index is 225. The van der Waals surface area contributed by atoms with Crippen molar-refractivity contribution in [2.45, 2.75) is 19.3 Å². The van der Waals surface area contributed by atoms with E-state index in [2.05, 4.69) is 0 Å². The summed E-state index contributed by atoms with van der Waals surface area (Å²) in [5, 5.41) is 10.6. The summed E-state index contributed by atoms with van der Waals surface area (Å²) in [6.45, 7) is 0. The quantitative estimate of drug-likeness (QED) is 0.184. The first-order valence-electron chi connectivity index (χ1n) is 3.91. The zero-order valence-electron chi connectivity index (χ0n) is 6.95. The van der Waals surface area contributed by atoms with Crippen molar-refractivity contribution in [2.75, 3.05) is 7.05 Å². The van der Waals surface area contributed by atoms with Crippen LogP contribution < -0.4 is 0 Å². The van der Waals surface area contributed by atoms with Gasteiger partial charge < -0.3 is 5.21 Å². The Hall–Kier alpha value is -1.19. The lowest BCUT2D eigenvalue weighted by Crippen LogP contribution is -2.31. The van der Waals surface area contributed by atoms with Crippen LogP contribution in [0.5, 0.6) is 0 Å². The van der Waals surface area contributed by atoms with E-state index in [1.807, 2.05) is 0 Å². The lowest BCUT2D eigenvalue weighted by molar-refractivity contribution is -0.419. The molecule has 0 amide bonds. The van der Waals surface area contributed by atoms with Gasteiger partial charge in [0.25, 0.3) is 0 Å². The van der Waals surface area contributed by atoms with Crippen LogP contribution in [-0.4, -0.2) is 29.6 Å². The number of Topliss-reactive ketones (excluding diaryl/α,β-unsaturated/α-hetero) is 2. The standard InChI is InChI=1S/C8H11NO3/c1-9(12)5-6-7(10)3-2-4-8(6)11/h5-6H,2-4H2,1H3. The van der Waals surface area contributed by atoms with Crippen molar-refractivity contribution in [3.05, 3.63) is 5.21 Å². The second-order valence-corrected chi connectivity index (χ2v) is 2.96. The number of hydrogen-bond acceptors (Lipinski definition) is 3. The van der Waals surface area contributed by atoms with E-state index in [4.69, 9.17) is 0 Å². The zero-order chi connectivity index (χ0) is 9.14. The van der Waals surface area contributed by atoms with Crippen LogP contribution in [0, 0.1) is 11.1 Å². The van der Waals surface area contributed by atoms with Gasteiger partial charge in [-0.3, -0.25) is 9.59 Å². The molecule has 0 aromatic carbocycles. The molecule has 0 N–H and O–H groups in total. The van der Waals surface area contributed by atoms with Crippen molar-refractivity contribution in [3.63, 3.8) is 0 Å². The monoisotopic (exact) mass is 169 g/mol. The molecular formula is C8H11NO3. The second kappa shape index (κ2) is 3.47. The van der Waals surface area contributed by atoms with Gasteiger partial charge in [0.05, 0.1) is 0 Å². The third-order valence-electron chi connectivity index (χ3n) is 1.90. The average Bonchev–Trinajstić information content (AvgIpc) is 1.97. The molecule has 1 aliphatic carbocycles. The summed E-state index contributed by atoms with van der Waals surface area (Å²) in [5.41, 5.74) is 0. The van der Waals surface area contributed by atoms with Crippen molar-refractivity contribution in [1.29, 1.82) is 0 Å². The van der Waals surface area contributed by atoms with Gasteiger partial charge in [0, 0.05) is 12.8 Å². The van der Waals surface area contributed by atoms with Gasteiger partial charge in [-0.2, -0.15) is 0 Å². The van der Waals surface area contributed by atoms with Gasteiger partial charge >= 0.3 is 0 Å². The van der Waals surface area contributed by atoms with Crippen molar-refractivity contribution < 1.29 is 14.3 Å². The van der Waals surface area contributed by atoms with Crippen molar-refractivity contribution in [2.24, 2.45) is 5.92 Å². The molecule has 66 valence electrons. The molecule has 1 aliphatic rings. The highest BCUT2D eigenvalue weighted by atomic mass is 16.5. The fourth-order valence-electron chi connectivity index (χ4n) is 1.30. The maximum atomic E-state index is 11.1. The molecule has 1 fully saturated rings. The SMILES string of the molecule is C[N+]([O-])=CC1C(=O)CCCC1=O. The molecule has 4 nitrogen and oxygen atoms in total. The lowest BCUT2D eigenvalue weighted by Gasteiger charge is -2.13. The molecule has 0 aliphatic heterocycles. The summed E-state index contributed by atoms with van der Waals surface area (Å²) in [5.74, 6) is -1.04. The summed E-state index contributed by atoms with van der Waals surface area (Å²) < 4.78 is 0.520. The van der Waals surface area contributed by atoms with Crippen LogP contribution in [-0.2, 0) is 9.59 Å². The maximum Gasteiger partial charge on any atom is 0.168 e. The average molecular weight is 169 g/mol. The number of ketones is 2. The highest BCUT2D eigenvalue weighted by Crippen LogP contribution is 2.15. The minimum Gasteiger partial charge on any atom is -0.624 e. The normalized spacial score (nSPS) is 21.6. The van der Waals surface area contributed by atoms with E-state index in [-0.39, 0.29) is 11.6 Å². The Labute approximate surface area is 70.5 Å². The minimum atomic E-state index is -0.777. The molecule has 1 saturated carbocycles. The Kier molecular flexibility index (Phi) is 2.58. The first-order chi connectivity index (χ1) is 5.61. The predicted octanol–water partition coefficient (Wildman–Crippen LogP) is 0.136. The molecule has 0 bridgehead atoms. The molecule has 4 heteroatoms. The van der Waals surface area contributed by atoms with Crippen LogP contribution in [0.15, 0.2) is 0 Å².